The number of carbonyl (C=O) groups excluding carboxylic acids is 1. The van der Waals surface area contributed by atoms with E-state index in [1.165, 1.54) is 65.8 Å². The van der Waals surface area contributed by atoms with Crippen molar-refractivity contribution in [1.29, 1.82) is 0 Å². The molecule has 2 bridgehead atoms. The molecule has 0 aliphatic carbocycles. The van der Waals surface area contributed by atoms with E-state index < -0.39 is 30.4 Å². The summed E-state index contributed by atoms with van der Waals surface area (Å²) in [5, 5.41) is 20.8. The van der Waals surface area contributed by atoms with E-state index in [4.69, 9.17) is 37.4 Å². The van der Waals surface area contributed by atoms with Crippen molar-refractivity contribution in [3.63, 3.8) is 0 Å². The summed E-state index contributed by atoms with van der Waals surface area (Å²) in [7, 11) is 0. The van der Waals surface area contributed by atoms with Gasteiger partial charge in [0.15, 0.2) is 11.5 Å². The highest BCUT2D eigenvalue weighted by Crippen LogP contribution is 2.41. The number of pyridine rings is 1. The minimum atomic E-state index is -3.14. The molecule has 3 aliphatic rings. The third-order valence-corrected chi connectivity index (χ3v) is 10.3. The van der Waals surface area contributed by atoms with Gasteiger partial charge in [-0.05, 0) is 98.3 Å². The van der Waals surface area contributed by atoms with Gasteiger partial charge in [0.25, 0.3) is 0 Å². The standard InChI is InChI=1S/C38H36Cl2F3N3O7/c1-2-51-33-15-23(9-10-32(33)52-37(42)43)28(17-29-30(39)19-45(50)20-31(29)40)35-24(5-3-8-27(35)36(47)48)18-46(26-7-4-6-25(41)16-26)38(49)53-34-21-44-13-11-22(34)12-14-44/h3-10,15-16,19-20,22,28,34,37H,2,11-14,17-18,21H2,1H3,(H-,47,48,50)/p+1/t28-,34-/m0/s1. The number of benzene rings is 3. The molecule has 10 nitrogen and oxygen atoms in total. The number of carboxylic acids is 1. The molecular formula is C38H37Cl2F3N3O7+. The van der Waals surface area contributed by atoms with Crippen molar-refractivity contribution in [2.45, 2.75) is 51.4 Å². The van der Waals surface area contributed by atoms with Crippen LogP contribution in [-0.2, 0) is 17.7 Å². The number of hydrogen-bond donors (Lipinski definition) is 2. The summed E-state index contributed by atoms with van der Waals surface area (Å²) in [6.45, 7) is 0.805. The number of rotatable bonds is 13. The number of aromatic nitrogens is 1. The van der Waals surface area contributed by atoms with Gasteiger partial charge < -0.3 is 19.3 Å². The van der Waals surface area contributed by atoms with Crippen LogP contribution in [0.1, 0.15) is 58.3 Å². The van der Waals surface area contributed by atoms with Crippen molar-refractivity contribution < 1.29 is 52.0 Å². The van der Waals surface area contributed by atoms with Gasteiger partial charge in [-0.25, -0.2) is 14.0 Å². The molecule has 3 aliphatic heterocycles. The van der Waals surface area contributed by atoms with Gasteiger partial charge in [0, 0.05) is 22.8 Å². The molecule has 4 heterocycles. The molecule has 53 heavy (non-hydrogen) atoms. The number of fused-ring (bicyclic) bond motifs is 3. The van der Waals surface area contributed by atoms with Crippen LogP contribution in [0, 0.1) is 11.7 Å². The Hall–Kier alpha value is -4.72. The van der Waals surface area contributed by atoms with E-state index in [1.807, 2.05) is 0 Å². The van der Waals surface area contributed by atoms with Gasteiger partial charge in [-0.2, -0.15) is 8.78 Å². The zero-order valence-electron chi connectivity index (χ0n) is 28.6. The highest BCUT2D eigenvalue weighted by Gasteiger charge is 2.38. The van der Waals surface area contributed by atoms with Crippen LogP contribution in [0.2, 0.25) is 10.0 Å². The summed E-state index contributed by atoms with van der Waals surface area (Å²) in [6.07, 6.45) is 3.04. The first-order valence-corrected chi connectivity index (χ1v) is 17.8. The van der Waals surface area contributed by atoms with Gasteiger partial charge in [0.1, 0.15) is 22.0 Å². The van der Waals surface area contributed by atoms with Crippen molar-refractivity contribution in [1.82, 2.24) is 4.90 Å². The molecule has 2 atom stereocenters. The molecule has 4 aromatic rings. The van der Waals surface area contributed by atoms with E-state index in [9.17, 15) is 33.1 Å². The second-order valence-corrected chi connectivity index (χ2v) is 13.7. The van der Waals surface area contributed by atoms with Crippen LogP contribution in [0.25, 0.3) is 0 Å². The number of hydrogen-bond acceptors (Lipinski definition) is 7. The Labute approximate surface area is 313 Å². The molecule has 0 saturated carbocycles. The van der Waals surface area contributed by atoms with Crippen molar-refractivity contribution >= 4 is 41.0 Å². The number of alkyl halides is 2. The fourth-order valence-corrected chi connectivity index (χ4v) is 7.80. The second-order valence-electron chi connectivity index (χ2n) is 12.9. The molecule has 7 rings (SSSR count). The first-order chi connectivity index (χ1) is 25.4. The average Bonchev–Trinajstić information content (AvgIpc) is 3.11. The zero-order valence-corrected chi connectivity index (χ0v) is 30.1. The largest absolute Gasteiger partial charge is 0.490 e. The van der Waals surface area contributed by atoms with Gasteiger partial charge in [-0.3, -0.25) is 15.0 Å². The summed E-state index contributed by atoms with van der Waals surface area (Å²) in [6, 6.07) is 14.3. The number of piperidine rings is 3. The Balaban J connectivity index is 1.50. The van der Waals surface area contributed by atoms with Crippen LogP contribution in [0.4, 0.5) is 23.7 Å². The first kappa shape index (κ1) is 38.0. The van der Waals surface area contributed by atoms with E-state index in [-0.39, 0.29) is 70.0 Å². The number of carboxylic acid groups (broad SMARTS) is 1. The van der Waals surface area contributed by atoms with Crippen LogP contribution in [0.3, 0.4) is 0 Å². The number of aromatic carboxylic acids is 1. The maximum Gasteiger partial charge on any atom is 0.414 e. The van der Waals surface area contributed by atoms with Crippen LogP contribution < -0.4 is 19.1 Å². The van der Waals surface area contributed by atoms with E-state index in [1.54, 1.807) is 19.1 Å². The smallest absolute Gasteiger partial charge is 0.414 e. The molecule has 3 fully saturated rings. The lowest BCUT2D eigenvalue weighted by Gasteiger charge is -2.44. The van der Waals surface area contributed by atoms with Crippen molar-refractivity contribution in [3.8, 4) is 11.5 Å². The Bertz CT molecular complexity index is 1960. The number of amides is 1. The maximum atomic E-state index is 14.7. The molecule has 280 valence electrons. The minimum Gasteiger partial charge on any atom is -0.490 e. The van der Waals surface area contributed by atoms with E-state index in [0.717, 1.165) is 25.9 Å². The topological polar surface area (TPSA) is 113 Å². The monoisotopic (exact) mass is 774 g/mol. The normalized spacial score (nSPS) is 18.4. The Morgan fingerprint density at radius 2 is 1.74 bits per heavy atom. The molecule has 0 radical (unpaired) electrons. The highest BCUT2D eigenvalue weighted by atomic mass is 35.5. The van der Waals surface area contributed by atoms with Gasteiger partial charge in [0.2, 0.25) is 12.4 Å². The van der Waals surface area contributed by atoms with Gasteiger partial charge >= 0.3 is 18.7 Å². The molecule has 1 amide bonds. The molecule has 1 aromatic heterocycles. The number of carbonyl (C=O) groups is 2. The summed E-state index contributed by atoms with van der Waals surface area (Å²) in [4.78, 5) is 30.6. The SMILES string of the molecule is CCOc1cc([C@H](Cc2c(Cl)c[n+](O)cc2Cl)c2c(CN(C(=O)O[C@H]3CN4CCC3CC4)c3cccc(F)c3)cccc2C(=O)O)ccc1OC(F)F. The predicted molar refractivity (Wildman–Crippen MR) is 189 cm³/mol. The molecular weight excluding hydrogens is 738 g/mol. The Kier molecular flexibility index (Phi) is 11.9. The van der Waals surface area contributed by atoms with Crippen molar-refractivity contribution in [3.05, 3.63) is 117 Å². The molecule has 3 aromatic carbocycles. The lowest BCUT2D eigenvalue weighted by Crippen LogP contribution is -2.53. The van der Waals surface area contributed by atoms with Crippen LogP contribution in [0.15, 0.2) is 73.1 Å². The molecule has 2 N–H and O–H groups in total. The zero-order chi connectivity index (χ0) is 37.8. The molecule has 15 heteroatoms. The first-order valence-electron chi connectivity index (χ1n) is 17.0. The number of anilines is 1. The Morgan fingerprint density at radius 3 is 2.36 bits per heavy atom. The Morgan fingerprint density at radius 1 is 1.02 bits per heavy atom. The van der Waals surface area contributed by atoms with Gasteiger partial charge in [-0.15, -0.1) is 0 Å². The number of halogens is 5. The van der Waals surface area contributed by atoms with E-state index in [2.05, 4.69) is 4.90 Å². The van der Waals surface area contributed by atoms with Crippen molar-refractivity contribution in [2.75, 3.05) is 31.1 Å². The lowest BCUT2D eigenvalue weighted by atomic mass is 9.80. The average molecular weight is 776 g/mol. The minimum absolute atomic E-state index is 0.0226. The highest BCUT2D eigenvalue weighted by molar-refractivity contribution is 6.35. The second kappa shape index (κ2) is 16.5. The molecule has 0 unspecified atom stereocenters. The van der Waals surface area contributed by atoms with Crippen LogP contribution in [-0.4, -0.2) is 66.2 Å². The fourth-order valence-electron chi connectivity index (χ4n) is 7.19. The summed E-state index contributed by atoms with van der Waals surface area (Å²) < 4.78 is 58.5. The van der Waals surface area contributed by atoms with Gasteiger partial charge in [0.05, 0.1) is 24.4 Å². The summed E-state index contributed by atoms with van der Waals surface area (Å²) >= 11 is 13.2. The maximum absolute atomic E-state index is 14.7. The van der Waals surface area contributed by atoms with Crippen molar-refractivity contribution in [2.24, 2.45) is 5.92 Å². The summed E-state index contributed by atoms with van der Waals surface area (Å²) in [5.41, 5.74) is 1.39. The predicted octanol–water partition coefficient (Wildman–Crippen LogP) is 7.97. The van der Waals surface area contributed by atoms with E-state index >= 15 is 0 Å². The van der Waals surface area contributed by atoms with Crippen LogP contribution >= 0.6 is 23.2 Å². The number of nitrogens with zero attached hydrogens (tertiary/aromatic N) is 3. The fraction of sp³-hybridized carbons (Fsp3) is 0.342. The third kappa shape index (κ3) is 8.75. The van der Waals surface area contributed by atoms with Crippen LogP contribution in [0.5, 0.6) is 11.5 Å². The summed E-state index contributed by atoms with van der Waals surface area (Å²) in [5.74, 6) is -2.88. The number of ether oxygens (including phenoxy) is 3. The molecule has 3 saturated heterocycles. The molecule has 0 spiro atoms. The lowest BCUT2D eigenvalue weighted by molar-refractivity contribution is -0.904. The third-order valence-electron chi connectivity index (χ3n) is 9.65. The van der Waals surface area contributed by atoms with E-state index in [0.29, 0.717) is 28.0 Å². The van der Waals surface area contributed by atoms with Gasteiger partial charge in [-0.1, -0.05) is 47.5 Å². The quantitative estimate of drug-likeness (QED) is 0.104.